The molecule has 1 rings (SSSR count). The minimum absolute atomic E-state index is 0.0295. The molecule has 0 fully saturated rings. The third kappa shape index (κ3) is 2.15. The van der Waals surface area contributed by atoms with Crippen molar-refractivity contribution in [2.75, 3.05) is 0 Å². The van der Waals surface area contributed by atoms with Crippen molar-refractivity contribution in [1.82, 2.24) is 0 Å². The standard InChI is InChI=1S/C9H7BrO3/c1-5(11)7-4-6(10)2-3-8(12)9(7)13/h2-4H,1H3,(H,12,13). The summed E-state index contributed by atoms with van der Waals surface area (Å²) in [4.78, 5) is 22.1. The first-order valence-corrected chi connectivity index (χ1v) is 4.35. The van der Waals surface area contributed by atoms with E-state index >= 15 is 0 Å². The molecule has 0 heterocycles. The SMILES string of the molecule is CC(=O)c1cc(Br)ccc(=O)c1O. The van der Waals surface area contributed by atoms with Gasteiger partial charge in [0.2, 0.25) is 5.43 Å². The molecular formula is C9H7BrO3. The van der Waals surface area contributed by atoms with Crippen LogP contribution < -0.4 is 5.43 Å². The number of hydrogen-bond acceptors (Lipinski definition) is 3. The van der Waals surface area contributed by atoms with Crippen LogP contribution in [0.15, 0.2) is 27.5 Å². The predicted molar refractivity (Wildman–Crippen MR) is 52.1 cm³/mol. The van der Waals surface area contributed by atoms with E-state index < -0.39 is 11.2 Å². The summed E-state index contributed by atoms with van der Waals surface area (Å²) in [6.07, 6.45) is 0. The molecule has 0 saturated heterocycles. The van der Waals surface area contributed by atoms with E-state index in [4.69, 9.17) is 0 Å². The summed E-state index contributed by atoms with van der Waals surface area (Å²) in [7, 11) is 0. The van der Waals surface area contributed by atoms with Crippen molar-refractivity contribution < 1.29 is 9.90 Å². The molecule has 0 radical (unpaired) electrons. The lowest BCUT2D eigenvalue weighted by molar-refractivity contribution is 0.101. The fourth-order valence-electron chi connectivity index (χ4n) is 0.890. The van der Waals surface area contributed by atoms with E-state index in [0.717, 1.165) is 0 Å². The minimum Gasteiger partial charge on any atom is -0.504 e. The van der Waals surface area contributed by atoms with Crippen molar-refractivity contribution in [3.63, 3.8) is 0 Å². The van der Waals surface area contributed by atoms with Crippen LogP contribution in [-0.2, 0) is 0 Å². The summed E-state index contributed by atoms with van der Waals surface area (Å²) in [5, 5.41) is 9.30. The van der Waals surface area contributed by atoms with Gasteiger partial charge in [-0.1, -0.05) is 15.9 Å². The molecule has 0 aliphatic carbocycles. The Bertz CT molecular complexity index is 412. The van der Waals surface area contributed by atoms with Crippen molar-refractivity contribution in [2.24, 2.45) is 0 Å². The number of carbonyl (C=O) groups is 1. The van der Waals surface area contributed by atoms with Crippen LogP contribution in [0.4, 0.5) is 0 Å². The van der Waals surface area contributed by atoms with Gasteiger partial charge in [0.15, 0.2) is 11.5 Å². The Morgan fingerprint density at radius 1 is 1.46 bits per heavy atom. The van der Waals surface area contributed by atoms with Crippen molar-refractivity contribution in [2.45, 2.75) is 6.92 Å². The Hall–Kier alpha value is -1.16. The zero-order chi connectivity index (χ0) is 10.0. The van der Waals surface area contributed by atoms with Crippen LogP contribution in [-0.4, -0.2) is 10.9 Å². The number of halogens is 1. The van der Waals surface area contributed by atoms with E-state index in [9.17, 15) is 14.7 Å². The Morgan fingerprint density at radius 3 is 2.62 bits per heavy atom. The number of ketones is 1. The Balaban J connectivity index is 3.62. The van der Waals surface area contributed by atoms with Crippen LogP contribution in [0.1, 0.15) is 17.3 Å². The average molecular weight is 243 g/mol. The third-order valence-corrected chi connectivity index (χ3v) is 2.04. The lowest BCUT2D eigenvalue weighted by Crippen LogP contribution is -1.99. The molecule has 4 heteroatoms. The maximum absolute atomic E-state index is 11.1. The highest BCUT2D eigenvalue weighted by atomic mass is 79.9. The Kier molecular flexibility index (Phi) is 2.83. The van der Waals surface area contributed by atoms with E-state index in [-0.39, 0.29) is 11.3 Å². The summed E-state index contributed by atoms with van der Waals surface area (Å²) in [5.74, 6) is -0.843. The molecule has 0 saturated carbocycles. The van der Waals surface area contributed by atoms with Gasteiger partial charge in [0.25, 0.3) is 0 Å². The fourth-order valence-corrected chi connectivity index (χ4v) is 1.25. The van der Waals surface area contributed by atoms with E-state index in [1.165, 1.54) is 25.1 Å². The number of aromatic hydroxyl groups is 1. The van der Waals surface area contributed by atoms with Crippen LogP contribution in [0.2, 0.25) is 0 Å². The summed E-state index contributed by atoms with van der Waals surface area (Å²) in [6, 6.07) is 4.10. The van der Waals surface area contributed by atoms with E-state index in [0.29, 0.717) is 4.47 Å². The quantitative estimate of drug-likeness (QED) is 0.764. The lowest BCUT2D eigenvalue weighted by atomic mass is 10.2. The number of rotatable bonds is 1. The van der Waals surface area contributed by atoms with Gasteiger partial charge in [0, 0.05) is 4.47 Å². The van der Waals surface area contributed by atoms with Gasteiger partial charge < -0.3 is 5.11 Å². The van der Waals surface area contributed by atoms with Crippen LogP contribution in [0.5, 0.6) is 5.75 Å². The summed E-state index contributed by atoms with van der Waals surface area (Å²) in [5.41, 5.74) is -0.530. The van der Waals surface area contributed by atoms with Crippen molar-refractivity contribution in [1.29, 1.82) is 0 Å². The maximum Gasteiger partial charge on any atom is 0.220 e. The van der Waals surface area contributed by atoms with Gasteiger partial charge in [-0.25, -0.2) is 0 Å². The third-order valence-electron chi connectivity index (χ3n) is 1.54. The molecule has 0 aliphatic heterocycles. The summed E-state index contributed by atoms with van der Waals surface area (Å²) < 4.78 is 0.579. The summed E-state index contributed by atoms with van der Waals surface area (Å²) in [6.45, 7) is 1.29. The summed E-state index contributed by atoms with van der Waals surface area (Å²) >= 11 is 3.13. The number of hydrogen-bond donors (Lipinski definition) is 1. The second kappa shape index (κ2) is 3.70. The fraction of sp³-hybridized carbons (Fsp3) is 0.111. The zero-order valence-electron chi connectivity index (χ0n) is 6.87. The Labute approximate surface area is 83.2 Å². The first-order valence-electron chi connectivity index (χ1n) is 3.56. The van der Waals surface area contributed by atoms with E-state index in [1.807, 2.05) is 0 Å². The van der Waals surface area contributed by atoms with Crippen LogP contribution >= 0.6 is 15.9 Å². The molecule has 1 aromatic carbocycles. The largest absolute Gasteiger partial charge is 0.504 e. The lowest BCUT2D eigenvalue weighted by Gasteiger charge is -1.92. The molecule has 0 bridgehead atoms. The monoisotopic (exact) mass is 242 g/mol. The Morgan fingerprint density at radius 2 is 2.08 bits per heavy atom. The van der Waals surface area contributed by atoms with Crippen molar-refractivity contribution >= 4 is 21.7 Å². The highest BCUT2D eigenvalue weighted by molar-refractivity contribution is 9.10. The van der Waals surface area contributed by atoms with E-state index in [1.54, 1.807) is 0 Å². The second-order valence-corrected chi connectivity index (χ2v) is 3.46. The molecular weight excluding hydrogens is 236 g/mol. The molecule has 0 aliphatic rings. The molecule has 1 aromatic rings. The van der Waals surface area contributed by atoms with Crippen LogP contribution in [0.25, 0.3) is 0 Å². The molecule has 13 heavy (non-hydrogen) atoms. The highest BCUT2D eigenvalue weighted by Gasteiger charge is 2.08. The number of carbonyl (C=O) groups excluding carboxylic acids is 1. The van der Waals surface area contributed by atoms with Gasteiger partial charge in [-0.15, -0.1) is 0 Å². The highest BCUT2D eigenvalue weighted by Crippen LogP contribution is 2.16. The van der Waals surface area contributed by atoms with Gasteiger partial charge in [-0.05, 0) is 25.1 Å². The molecule has 0 aromatic heterocycles. The molecule has 3 nitrogen and oxygen atoms in total. The molecule has 1 N–H and O–H groups in total. The zero-order valence-corrected chi connectivity index (χ0v) is 8.46. The topological polar surface area (TPSA) is 54.4 Å². The van der Waals surface area contributed by atoms with E-state index in [2.05, 4.69) is 15.9 Å². The predicted octanol–water partition coefficient (Wildman–Crippen LogP) is 1.72. The smallest absolute Gasteiger partial charge is 0.220 e. The molecule has 68 valence electrons. The van der Waals surface area contributed by atoms with Gasteiger partial charge in [0.1, 0.15) is 0 Å². The molecule has 0 unspecified atom stereocenters. The second-order valence-electron chi connectivity index (χ2n) is 2.55. The average Bonchev–Trinajstić information content (AvgIpc) is 2.18. The molecule has 0 spiro atoms. The van der Waals surface area contributed by atoms with Gasteiger partial charge in [-0.3, -0.25) is 9.59 Å². The minimum atomic E-state index is -0.559. The van der Waals surface area contributed by atoms with Gasteiger partial charge >= 0.3 is 0 Å². The van der Waals surface area contributed by atoms with Crippen LogP contribution in [0, 0.1) is 0 Å². The first-order chi connectivity index (χ1) is 6.02. The van der Waals surface area contributed by atoms with Crippen LogP contribution in [0.3, 0.4) is 0 Å². The first kappa shape index (κ1) is 9.92. The number of Topliss-reactive ketones (excluding diaryl/α,β-unsaturated/α-hetero) is 1. The molecule has 0 amide bonds. The maximum atomic E-state index is 11.1. The van der Waals surface area contributed by atoms with Crippen molar-refractivity contribution in [3.05, 3.63) is 38.5 Å². The van der Waals surface area contributed by atoms with Gasteiger partial charge in [0.05, 0.1) is 5.56 Å². The normalized spacial score (nSPS) is 9.69. The van der Waals surface area contributed by atoms with Crippen molar-refractivity contribution in [3.8, 4) is 5.75 Å². The molecule has 0 atom stereocenters. The van der Waals surface area contributed by atoms with Gasteiger partial charge in [-0.2, -0.15) is 0 Å².